The first-order valence-electron chi connectivity index (χ1n) is 15.9. The average Bonchev–Trinajstić information content (AvgIpc) is 2.80. The van der Waals surface area contributed by atoms with Gasteiger partial charge in [0.1, 0.15) is 5.75 Å². The highest BCUT2D eigenvalue weighted by atomic mass is 32.2. The Hall–Kier alpha value is -0.830. The van der Waals surface area contributed by atoms with Gasteiger partial charge in [0.15, 0.2) is 0 Å². The summed E-state index contributed by atoms with van der Waals surface area (Å²) in [5.74, 6) is 2.51. The summed E-state index contributed by atoms with van der Waals surface area (Å²) in [5.41, 5.74) is 2.31. The number of hydrogen-bond acceptors (Lipinski definition) is 3. The Bertz CT molecular complexity index is 886. The molecule has 0 heterocycles. The van der Waals surface area contributed by atoms with Gasteiger partial charge in [0, 0.05) is 17.0 Å². The lowest BCUT2D eigenvalue weighted by atomic mass is 9.47. The third-order valence-corrected chi connectivity index (χ3v) is 12.8. The molecule has 0 saturated heterocycles. The Morgan fingerprint density at radius 2 is 1.32 bits per heavy atom. The zero-order valence-electron chi connectivity index (χ0n) is 29.9. The molecular formula is C37H69NOS. The molecule has 234 valence electrons. The van der Waals surface area contributed by atoms with Gasteiger partial charge in [0.05, 0.1) is 7.11 Å². The summed E-state index contributed by atoms with van der Waals surface area (Å²) in [7, 11) is 1.72. The lowest BCUT2D eigenvalue weighted by Gasteiger charge is -2.62. The number of ether oxygens (including phenoxy) is 1. The van der Waals surface area contributed by atoms with Crippen molar-refractivity contribution < 1.29 is 4.74 Å². The van der Waals surface area contributed by atoms with Crippen LogP contribution in [0.5, 0.6) is 5.75 Å². The van der Waals surface area contributed by atoms with Crippen LogP contribution in [0.1, 0.15) is 130 Å². The molecule has 0 aromatic heterocycles. The zero-order valence-corrected chi connectivity index (χ0v) is 30.7. The van der Waals surface area contributed by atoms with Crippen molar-refractivity contribution in [3.8, 4) is 5.75 Å². The van der Waals surface area contributed by atoms with Crippen molar-refractivity contribution in [2.45, 2.75) is 134 Å². The minimum Gasteiger partial charge on any atom is -0.497 e. The molecule has 0 spiro atoms. The first-order valence-corrected chi connectivity index (χ1v) is 17.2. The summed E-state index contributed by atoms with van der Waals surface area (Å²) in [6.07, 6.45) is 7.45. The van der Waals surface area contributed by atoms with Crippen molar-refractivity contribution in [2.75, 3.05) is 25.2 Å². The molecule has 3 heteroatoms. The molecule has 0 amide bonds. The van der Waals surface area contributed by atoms with E-state index in [4.69, 9.17) is 4.74 Å². The van der Waals surface area contributed by atoms with Crippen molar-refractivity contribution in [3.63, 3.8) is 0 Å². The van der Waals surface area contributed by atoms with Crippen LogP contribution in [-0.2, 0) is 0 Å². The first kappa shape index (κ1) is 37.2. The summed E-state index contributed by atoms with van der Waals surface area (Å²) in [5, 5.41) is 3.76. The Kier molecular flexibility index (Phi) is 12.7. The number of benzene rings is 1. The van der Waals surface area contributed by atoms with Crippen LogP contribution < -0.4 is 10.1 Å². The first-order chi connectivity index (χ1) is 18.0. The molecule has 2 nitrogen and oxygen atoms in total. The van der Waals surface area contributed by atoms with Gasteiger partial charge in [0.2, 0.25) is 0 Å². The van der Waals surface area contributed by atoms with Crippen LogP contribution in [0.2, 0.25) is 0 Å². The highest BCUT2D eigenvalue weighted by Gasteiger charge is 2.58. The van der Waals surface area contributed by atoms with Crippen molar-refractivity contribution in [3.05, 3.63) is 24.3 Å². The molecular weight excluding hydrogens is 506 g/mol. The third kappa shape index (κ3) is 8.61. The predicted molar refractivity (Wildman–Crippen MR) is 184 cm³/mol. The molecule has 1 aromatic carbocycles. The van der Waals surface area contributed by atoms with E-state index in [0.717, 1.165) is 18.0 Å². The van der Waals surface area contributed by atoms with Crippen LogP contribution in [0, 0.1) is 44.8 Å². The summed E-state index contributed by atoms with van der Waals surface area (Å²) in [4.78, 5) is 0. The number of methoxy groups -OCH3 is 1. The second-order valence-corrected chi connectivity index (χ2v) is 18.2. The fraction of sp³-hybridized carbons (Fsp3) is 0.838. The van der Waals surface area contributed by atoms with E-state index in [-0.39, 0.29) is 26.4 Å². The Balaban J connectivity index is 3.42. The van der Waals surface area contributed by atoms with Crippen molar-refractivity contribution in [1.29, 1.82) is 0 Å². The molecule has 0 radical (unpaired) electrons. The van der Waals surface area contributed by atoms with E-state index >= 15 is 0 Å². The van der Waals surface area contributed by atoms with E-state index in [1.165, 1.54) is 25.7 Å². The van der Waals surface area contributed by atoms with Crippen LogP contribution in [0.4, 0.5) is 5.69 Å². The monoisotopic (exact) mass is 576 g/mol. The number of thioether (sulfide) groups is 1. The van der Waals surface area contributed by atoms with Gasteiger partial charge in [0.25, 0.3) is 0 Å². The van der Waals surface area contributed by atoms with Gasteiger partial charge in [-0.2, -0.15) is 11.8 Å². The Morgan fingerprint density at radius 1 is 0.800 bits per heavy atom. The molecule has 1 N–H and O–H groups in total. The molecule has 1 rings (SSSR count). The maximum absolute atomic E-state index is 5.36. The van der Waals surface area contributed by atoms with E-state index in [9.17, 15) is 0 Å². The lowest BCUT2D eigenvalue weighted by Crippen LogP contribution is -2.59. The number of hydrogen-bond donors (Lipinski definition) is 1. The van der Waals surface area contributed by atoms with Crippen LogP contribution >= 0.6 is 11.8 Å². The molecule has 4 atom stereocenters. The van der Waals surface area contributed by atoms with Gasteiger partial charge in [-0.25, -0.2) is 0 Å². The normalized spacial score (nSPS) is 17.6. The van der Waals surface area contributed by atoms with E-state index in [0.29, 0.717) is 23.2 Å². The minimum absolute atomic E-state index is 0.0890. The lowest BCUT2D eigenvalue weighted by molar-refractivity contribution is -0.0712. The van der Waals surface area contributed by atoms with Gasteiger partial charge < -0.3 is 10.1 Å². The van der Waals surface area contributed by atoms with E-state index < -0.39 is 0 Å². The fourth-order valence-corrected chi connectivity index (χ4v) is 9.75. The average molecular weight is 576 g/mol. The summed E-state index contributed by atoms with van der Waals surface area (Å²) >= 11 is 2.12. The summed E-state index contributed by atoms with van der Waals surface area (Å²) in [6, 6.07) is 8.35. The topological polar surface area (TPSA) is 21.3 Å². The molecule has 0 aliphatic heterocycles. The highest BCUT2D eigenvalue weighted by molar-refractivity contribution is 8.00. The maximum atomic E-state index is 5.36. The summed E-state index contributed by atoms with van der Waals surface area (Å²) < 4.78 is 5.45. The largest absolute Gasteiger partial charge is 0.497 e. The molecule has 0 saturated carbocycles. The molecule has 0 bridgehead atoms. The van der Waals surface area contributed by atoms with Gasteiger partial charge in [-0.15, -0.1) is 0 Å². The number of rotatable bonds is 15. The molecule has 1 aromatic rings. The Labute approximate surface area is 256 Å². The molecule has 0 aliphatic rings. The smallest absolute Gasteiger partial charge is 0.119 e. The van der Waals surface area contributed by atoms with Crippen molar-refractivity contribution in [2.24, 2.45) is 44.8 Å². The minimum atomic E-state index is 0.0890. The van der Waals surface area contributed by atoms with Crippen LogP contribution in [0.25, 0.3) is 0 Å². The third-order valence-electron chi connectivity index (χ3n) is 11.1. The van der Waals surface area contributed by atoms with Crippen LogP contribution in [0.15, 0.2) is 24.3 Å². The molecule has 0 aliphatic carbocycles. The SMILES string of the molecule is CCC(C(C)(C)C(C)(C)CCCC(C)(C)C)C(C)(C)C(C)(SC)C(C(C)CNc1ccc(OC)cc1)C(C)(C)C. The number of nitrogens with one attached hydrogen (secondary N) is 1. The highest BCUT2D eigenvalue weighted by Crippen LogP contribution is 2.63. The summed E-state index contributed by atoms with van der Waals surface area (Å²) in [6.45, 7) is 38.5. The van der Waals surface area contributed by atoms with E-state index in [2.05, 4.69) is 139 Å². The second kappa shape index (κ2) is 13.6. The van der Waals surface area contributed by atoms with Gasteiger partial charge >= 0.3 is 0 Å². The van der Waals surface area contributed by atoms with E-state index in [1.54, 1.807) is 7.11 Å². The predicted octanol–water partition coefficient (Wildman–Crippen LogP) is 11.8. The molecule has 0 fully saturated rings. The quantitative estimate of drug-likeness (QED) is 0.225. The van der Waals surface area contributed by atoms with Crippen LogP contribution in [0.3, 0.4) is 0 Å². The van der Waals surface area contributed by atoms with Crippen molar-refractivity contribution in [1.82, 2.24) is 0 Å². The number of anilines is 1. The maximum Gasteiger partial charge on any atom is 0.119 e. The van der Waals surface area contributed by atoms with Crippen molar-refractivity contribution >= 4 is 17.4 Å². The Morgan fingerprint density at radius 3 is 1.73 bits per heavy atom. The second-order valence-electron chi connectivity index (χ2n) is 16.9. The van der Waals surface area contributed by atoms with Gasteiger partial charge in [-0.3, -0.25) is 0 Å². The fourth-order valence-electron chi connectivity index (χ4n) is 8.24. The van der Waals surface area contributed by atoms with Crippen LogP contribution in [-0.4, -0.2) is 24.7 Å². The standard InChI is InChI=1S/C37H69NOS/c1-18-30(35(11,12)34(9,10)25-19-24-32(3,4)5)36(13,14)37(15,40-17)31(33(6,7)8)27(2)26-38-28-20-22-29(39-16)23-21-28/h20-23,27,30-31,38H,18-19,24-26H2,1-17H3. The van der Waals surface area contributed by atoms with Gasteiger partial charge in [-0.05, 0) is 95.1 Å². The van der Waals surface area contributed by atoms with Gasteiger partial charge in [-0.1, -0.05) is 110 Å². The zero-order chi connectivity index (χ0) is 31.4. The van der Waals surface area contributed by atoms with E-state index in [1.807, 2.05) is 12.1 Å². The molecule has 40 heavy (non-hydrogen) atoms. The molecule has 4 unspecified atom stereocenters.